The molecule has 0 radical (unpaired) electrons. The van der Waals surface area contributed by atoms with Gasteiger partial charge in [0.15, 0.2) is 0 Å². The normalized spacial score (nSPS) is 14.2. The molecule has 1 aromatic rings. The van der Waals surface area contributed by atoms with Crippen LogP contribution < -0.4 is 10.1 Å². The molecule has 0 atom stereocenters. The summed E-state index contributed by atoms with van der Waals surface area (Å²) in [7, 11) is 3.76. The number of carbonyl (C=O) groups is 1. The largest absolute Gasteiger partial charge is 0.492 e. The van der Waals surface area contributed by atoms with Crippen molar-refractivity contribution < 1.29 is 14.3 Å². The zero-order valence-corrected chi connectivity index (χ0v) is 14.2. The smallest absolute Gasteiger partial charge is 0.407 e. The predicted octanol–water partition coefficient (Wildman–Crippen LogP) is 3.99. The van der Waals surface area contributed by atoms with Crippen LogP contribution >= 0.6 is 21.6 Å². The van der Waals surface area contributed by atoms with Gasteiger partial charge in [-0.2, -0.15) is 0 Å². The van der Waals surface area contributed by atoms with Crippen molar-refractivity contribution in [1.29, 1.82) is 0 Å². The van der Waals surface area contributed by atoms with E-state index in [1.165, 1.54) is 11.1 Å². The highest BCUT2D eigenvalue weighted by Gasteiger charge is 2.15. The molecule has 0 saturated carbocycles. The Morgan fingerprint density at radius 1 is 1.24 bits per heavy atom. The number of hydrogen-bond donors (Lipinski definition) is 1. The summed E-state index contributed by atoms with van der Waals surface area (Å²) in [5, 5.41) is 2.68. The Labute approximate surface area is 133 Å². The number of alkyl carbamates (subject to hydrolysis) is 1. The summed E-state index contributed by atoms with van der Waals surface area (Å²) < 4.78 is 10.8. The number of benzene rings is 1. The maximum absolute atomic E-state index is 11.5. The topological polar surface area (TPSA) is 47.6 Å². The highest BCUT2D eigenvalue weighted by Crippen LogP contribution is 2.38. The SMILES string of the molecule is CC(C)(C)OC(=O)NCCOc1ccc2c(c1)CSSC2. The fraction of sp³-hybridized carbons (Fsp3) is 0.533. The van der Waals surface area contributed by atoms with Gasteiger partial charge in [0.1, 0.15) is 18.0 Å². The second kappa shape index (κ2) is 7.31. The molecule has 21 heavy (non-hydrogen) atoms. The molecule has 1 aromatic carbocycles. The summed E-state index contributed by atoms with van der Waals surface area (Å²) >= 11 is 0. The number of fused-ring (bicyclic) bond motifs is 1. The van der Waals surface area contributed by atoms with Crippen LogP contribution in [0.2, 0.25) is 0 Å². The van der Waals surface area contributed by atoms with E-state index in [0.717, 1.165) is 17.3 Å². The zero-order chi connectivity index (χ0) is 15.3. The lowest BCUT2D eigenvalue weighted by Crippen LogP contribution is -2.34. The summed E-state index contributed by atoms with van der Waals surface area (Å²) in [6, 6.07) is 6.21. The molecule has 116 valence electrons. The van der Waals surface area contributed by atoms with Crippen molar-refractivity contribution in [3.8, 4) is 5.75 Å². The molecule has 4 nitrogen and oxygen atoms in total. The van der Waals surface area contributed by atoms with Gasteiger partial charge in [-0.25, -0.2) is 4.79 Å². The zero-order valence-electron chi connectivity index (χ0n) is 12.6. The second-order valence-electron chi connectivity index (χ2n) is 5.73. The van der Waals surface area contributed by atoms with Crippen molar-refractivity contribution in [3.63, 3.8) is 0 Å². The van der Waals surface area contributed by atoms with E-state index in [4.69, 9.17) is 9.47 Å². The molecule has 0 unspecified atom stereocenters. The van der Waals surface area contributed by atoms with Crippen LogP contribution in [0.3, 0.4) is 0 Å². The lowest BCUT2D eigenvalue weighted by atomic mass is 10.1. The van der Waals surface area contributed by atoms with Crippen LogP contribution in [0.4, 0.5) is 4.79 Å². The Bertz CT molecular complexity index is 500. The van der Waals surface area contributed by atoms with Gasteiger partial charge in [0.05, 0.1) is 6.54 Å². The van der Waals surface area contributed by atoms with E-state index in [9.17, 15) is 4.79 Å². The monoisotopic (exact) mass is 327 g/mol. The summed E-state index contributed by atoms with van der Waals surface area (Å²) in [5.41, 5.74) is 2.26. The van der Waals surface area contributed by atoms with Crippen LogP contribution in [-0.4, -0.2) is 24.8 Å². The van der Waals surface area contributed by atoms with Gasteiger partial charge < -0.3 is 14.8 Å². The van der Waals surface area contributed by atoms with E-state index >= 15 is 0 Å². The minimum absolute atomic E-state index is 0.412. The van der Waals surface area contributed by atoms with Crippen molar-refractivity contribution in [1.82, 2.24) is 5.32 Å². The number of ether oxygens (including phenoxy) is 2. The quantitative estimate of drug-likeness (QED) is 0.669. The third-order valence-corrected chi connectivity index (χ3v) is 4.96. The van der Waals surface area contributed by atoms with Crippen molar-refractivity contribution in [2.75, 3.05) is 13.2 Å². The Hall–Kier alpha value is -1.01. The fourth-order valence-corrected chi connectivity index (χ4v) is 4.05. The van der Waals surface area contributed by atoms with Gasteiger partial charge in [0, 0.05) is 11.5 Å². The fourth-order valence-electron chi connectivity index (χ4n) is 1.81. The van der Waals surface area contributed by atoms with Gasteiger partial charge in [-0.15, -0.1) is 0 Å². The van der Waals surface area contributed by atoms with Crippen molar-refractivity contribution in [3.05, 3.63) is 29.3 Å². The molecule has 1 heterocycles. The Morgan fingerprint density at radius 2 is 1.95 bits per heavy atom. The first-order valence-corrected chi connectivity index (χ1v) is 9.39. The first-order valence-electron chi connectivity index (χ1n) is 6.90. The van der Waals surface area contributed by atoms with Crippen LogP contribution in [0.5, 0.6) is 5.75 Å². The minimum Gasteiger partial charge on any atom is -0.492 e. The molecular formula is C15H21NO3S2. The third-order valence-electron chi connectivity index (χ3n) is 2.73. The number of rotatable bonds is 4. The van der Waals surface area contributed by atoms with Crippen LogP contribution in [-0.2, 0) is 16.2 Å². The molecule has 0 bridgehead atoms. The number of nitrogens with one attached hydrogen (secondary N) is 1. The number of carbonyl (C=O) groups excluding carboxylic acids is 1. The first-order chi connectivity index (χ1) is 9.94. The lowest BCUT2D eigenvalue weighted by Gasteiger charge is -2.19. The number of hydrogen-bond acceptors (Lipinski definition) is 5. The second-order valence-corrected chi connectivity index (χ2v) is 8.19. The molecule has 1 aliphatic rings. The average Bonchev–Trinajstić information content (AvgIpc) is 2.41. The summed E-state index contributed by atoms with van der Waals surface area (Å²) in [6.07, 6.45) is -0.412. The highest BCUT2D eigenvalue weighted by atomic mass is 33.1. The van der Waals surface area contributed by atoms with Crippen LogP contribution in [0.15, 0.2) is 18.2 Å². The molecule has 1 aliphatic heterocycles. The molecule has 0 spiro atoms. The Balaban J connectivity index is 1.73. The average molecular weight is 327 g/mol. The molecule has 0 saturated heterocycles. The van der Waals surface area contributed by atoms with Gasteiger partial charge in [-0.1, -0.05) is 27.7 Å². The summed E-state index contributed by atoms with van der Waals surface area (Å²) in [4.78, 5) is 11.5. The van der Waals surface area contributed by atoms with Gasteiger partial charge in [0.2, 0.25) is 0 Å². The van der Waals surface area contributed by atoms with E-state index < -0.39 is 11.7 Å². The first kappa shape index (κ1) is 16.4. The molecule has 1 amide bonds. The van der Waals surface area contributed by atoms with Crippen LogP contribution in [0, 0.1) is 0 Å². The number of amides is 1. The predicted molar refractivity (Wildman–Crippen MR) is 88.8 cm³/mol. The van der Waals surface area contributed by atoms with Gasteiger partial charge in [0.25, 0.3) is 0 Å². The summed E-state index contributed by atoms with van der Waals surface area (Å²) in [6.45, 7) is 6.38. The van der Waals surface area contributed by atoms with Gasteiger partial charge in [-0.05, 0) is 44.0 Å². The molecule has 0 aromatic heterocycles. The van der Waals surface area contributed by atoms with Gasteiger partial charge in [-0.3, -0.25) is 0 Å². The van der Waals surface area contributed by atoms with Crippen LogP contribution in [0.1, 0.15) is 31.9 Å². The minimum atomic E-state index is -0.473. The standard InChI is InChI=1S/C15H21NO3S2/c1-15(2,3)19-14(17)16-6-7-18-13-5-4-11-9-20-21-10-12(11)8-13/h4-5,8H,6-7,9-10H2,1-3H3,(H,16,17). The molecule has 0 aliphatic carbocycles. The van der Waals surface area contributed by atoms with Crippen molar-refractivity contribution in [2.45, 2.75) is 37.9 Å². The Morgan fingerprint density at radius 3 is 2.67 bits per heavy atom. The molecule has 1 N–H and O–H groups in total. The van der Waals surface area contributed by atoms with E-state index in [0.29, 0.717) is 13.2 Å². The molecule has 0 fully saturated rings. The van der Waals surface area contributed by atoms with Crippen molar-refractivity contribution in [2.24, 2.45) is 0 Å². The van der Waals surface area contributed by atoms with E-state index in [1.54, 1.807) is 0 Å². The van der Waals surface area contributed by atoms with Crippen LogP contribution in [0.25, 0.3) is 0 Å². The molecule has 6 heteroatoms. The van der Waals surface area contributed by atoms with Gasteiger partial charge >= 0.3 is 6.09 Å². The van der Waals surface area contributed by atoms with E-state index in [2.05, 4.69) is 17.4 Å². The third kappa shape index (κ3) is 5.71. The molecule has 2 rings (SSSR count). The maximum atomic E-state index is 11.5. The molecular weight excluding hydrogens is 306 g/mol. The Kier molecular flexibility index (Phi) is 5.70. The highest BCUT2D eigenvalue weighted by molar-refractivity contribution is 8.76. The van der Waals surface area contributed by atoms with E-state index in [-0.39, 0.29) is 0 Å². The van der Waals surface area contributed by atoms with Crippen molar-refractivity contribution >= 4 is 27.7 Å². The summed E-state index contributed by atoms with van der Waals surface area (Å²) in [5.74, 6) is 2.93. The maximum Gasteiger partial charge on any atom is 0.407 e. The lowest BCUT2D eigenvalue weighted by molar-refractivity contribution is 0.0520. The van der Waals surface area contributed by atoms with E-state index in [1.807, 2.05) is 48.4 Å².